The molecule has 3 heteroatoms. The van der Waals surface area contributed by atoms with Crippen molar-refractivity contribution in [2.75, 3.05) is 0 Å². The molecule has 0 bridgehead atoms. The maximum absolute atomic E-state index is 12.0. The summed E-state index contributed by atoms with van der Waals surface area (Å²) in [5.41, 5.74) is 2.19. The van der Waals surface area contributed by atoms with E-state index in [0.717, 1.165) is 11.1 Å². The van der Waals surface area contributed by atoms with E-state index >= 15 is 0 Å². The first kappa shape index (κ1) is 14.1. The van der Waals surface area contributed by atoms with Crippen LogP contribution >= 0.6 is 0 Å². The van der Waals surface area contributed by atoms with Gasteiger partial charge in [0, 0.05) is 0 Å². The Morgan fingerprint density at radius 3 is 1.45 bits per heavy atom. The molecule has 2 rings (SSSR count). The average molecular weight is 268 g/mol. The molecule has 104 valence electrons. The van der Waals surface area contributed by atoms with Crippen LogP contribution < -0.4 is 10.6 Å². The number of rotatable bonds is 4. The molecule has 0 spiro atoms. The van der Waals surface area contributed by atoms with Crippen LogP contribution in [0.15, 0.2) is 60.7 Å². The van der Waals surface area contributed by atoms with E-state index in [0.29, 0.717) is 0 Å². The topological polar surface area (TPSA) is 41.1 Å². The van der Waals surface area contributed by atoms with Crippen LogP contribution in [0.1, 0.15) is 37.1 Å². The number of carbonyl (C=O) groups excluding carboxylic acids is 1. The fourth-order valence-electron chi connectivity index (χ4n) is 2.09. The first-order chi connectivity index (χ1) is 9.66. The molecule has 0 aliphatic heterocycles. The van der Waals surface area contributed by atoms with Gasteiger partial charge in [0.05, 0.1) is 12.1 Å². The Kier molecular flexibility index (Phi) is 4.77. The summed E-state index contributed by atoms with van der Waals surface area (Å²) >= 11 is 0. The number of hydrogen-bond acceptors (Lipinski definition) is 1. The lowest BCUT2D eigenvalue weighted by Gasteiger charge is -2.18. The SMILES string of the molecule is CC(NC(=O)NC(C)c1ccccc1)c1ccccc1. The fourth-order valence-corrected chi connectivity index (χ4v) is 2.09. The van der Waals surface area contributed by atoms with Crippen LogP contribution in [0.4, 0.5) is 4.79 Å². The van der Waals surface area contributed by atoms with Gasteiger partial charge in [-0.2, -0.15) is 0 Å². The van der Waals surface area contributed by atoms with E-state index in [-0.39, 0.29) is 18.1 Å². The van der Waals surface area contributed by atoms with E-state index in [4.69, 9.17) is 0 Å². The molecule has 0 aliphatic rings. The summed E-state index contributed by atoms with van der Waals surface area (Å²) < 4.78 is 0. The van der Waals surface area contributed by atoms with E-state index in [1.54, 1.807) is 0 Å². The Labute approximate surface area is 120 Å². The van der Waals surface area contributed by atoms with Crippen molar-refractivity contribution in [1.82, 2.24) is 10.6 Å². The van der Waals surface area contributed by atoms with Crippen LogP contribution in [0.25, 0.3) is 0 Å². The normalized spacial score (nSPS) is 13.3. The molecule has 2 atom stereocenters. The monoisotopic (exact) mass is 268 g/mol. The minimum absolute atomic E-state index is 0.0147. The van der Waals surface area contributed by atoms with Gasteiger partial charge >= 0.3 is 6.03 Å². The van der Waals surface area contributed by atoms with Gasteiger partial charge in [-0.1, -0.05) is 60.7 Å². The summed E-state index contributed by atoms with van der Waals surface area (Å²) in [4.78, 5) is 12.0. The Morgan fingerprint density at radius 2 is 1.10 bits per heavy atom. The second-order valence-corrected chi connectivity index (χ2v) is 4.88. The van der Waals surface area contributed by atoms with Gasteiger partial charge in [-0.15, -0.1) is 0 Å². The second-order valence-electron chi connectivity index (χ2n) is 4.88. The fraction of sp³-hybridized carbons (Fsp3) is 0.235. The number of hydrogen-bond donors (Lipinski definition) is 2. The summed E-state index contributed by atoms with van der Waals surface area (Å²) in [7, 11) is 0. The maximum atomic E-state index is 12.0. The molecule has 0 aliphatic carbocycles. The van der Waals surface area contributed by atoms with Gasteiger partial charge in [0.15, 0.2) is 0 Å². The molecule has 2 aromatic rings. The van der Waals surface area contributed by atoms with Gasteiger partial charge < -0.3 is 10.6 Å². The molecule has 2 N–H and O–H groups in total. The Bertz CT molecular complexity index is 490. The molecular formula is C17H20N2O. The Morgan fingerprint density at radius 1 is 0.750 bits per heavy atom. The summed E-state index contributed by atoms with van der Waals surface area (Å²) in [5.74, 6) is 0. The van der Waals surface area contributed by atoms with Crippen molar-refractivity contribution in [1.29, 1.82) is 0 Å². The highest BCUT2D eigenvalue weighted by molar-refractivity contribution is 5.74. The highest BCUT2D eigenvalue weighted by atomic mass is 16.2. The van der Waals surface area contributed by atoms with Crippen LogP contribution in [-0.4, -0.2) is 6.03 Å². The molecule has 0 radical (unpaired) electrons. The lowest BCUT2D eigenvalue weighted by Crippen LogP contribution is -2.38. The highest BCUT2D eigenvalue weighted by Gasteiger charge is 2.12. The van der Waals surface area contributed by atoms with Crippen LogP contribution in [0, 0.1) is 0 Å². The minimum atomic E-state index is -0.155. The number of amides is 2. The van der Waals surface area contributed by atoms with E-state index in [2.05, 4.69) is 10.6 Å². The van der Waals surface area contributed by atoms with Gasteiger partial charge in [-0.3, -0.25) is 0 Å². The molecule has 0 saturated heterocycles. The predicted molar refractivity (Wildman–Crippen MR) is 81.4 cm³/mol. The Hall–Kier alpha value is -2.29. The van der Waals surface area contributed by atoms with E-state index in [1.165, 1.54) is 0 Å². The molecule has 0 fully saturated rings. The molecule has 0 saturated carbocycles. The van der Waals surface area contributed by atoms with E-state index < -0.39 is 0 Å². The molecule has 2 aromatic carbocycles. The third kappa shape index (κ3) is 3.85. The summed E-state index contributed by atoms with van der Waals surface area (Å²) in [6.07, 6.45) is 0. The number of urea groups is 1. The van der Waals surface area contributed by atoms with Gasteiger partial charge in [-0.05, 0) is 25.0 Å². The number of carbonyl (C=O) groups is 1. The zero-order valence-electron chi connectivity index (χ0n) is 11.8. The predicted octanol–water partition coefficient (Wildman–Crippen LogP) is 3.81. The molecule has 3 nitrogen and oxygen atoms in total. The molecule has 2 amide bonds. The average Bonchev–Trinajstić information content (AvgIpc) is 2.49. The van der Waals surface area contributed by atoms with Crippen molar-refractivity contribution in [2.45, 2.75) is 25.9 Å². The third-order valence-corrected chi connectivity index (χ3v) is 3.29. The van der Waals surface area contributed by atoms with Crippen molar-refractivity contribution >= 4 is 6.03 Å². The van der Waals surface area contributed by atoms with Crippen molar-refractivity contribution in [3.05, 3.63) is 71.8 Å². The first-order valence-corrected chi connectivity index (χ1v) is 6.83. The van der Waals surface area contributed by atoms with Crippen LogP contribution in [0.3, 0.4) is 0 Å². The van der Waals surface area contributed by atoms with Crippen LogP contribution in [0.2, 0.25) is 0 Å². The highest BCUT2D eigenvalue weighted by Crippen LogP contribution is 2.13. The van der Waals surface area contributed by atoms with Crippen LogP contribution in [0.5, 0.6) is 0 Å². The molecule has 0 aromatic heterocycles. The van der Waals surface area contributed by atoms with Gasteiger partial charge in [0.1, 0.15) is 0 Å². The molecule has 20 heavy (non-hydrogen) atoms. The van der Waals surface area contributed by atoms with Crippen LogP contribution in [-0.2, 0) is 0 Å². The third-order valence-electron chi connectivity index (χ3n) is 3.29. The standard InChI is InChI=1S/C17H20N2O/c1-13(15-9-5-3-6-10-15)18-17(20)19-14(2)16-11-7-4-8-12-16/h3-14H,1-2H3,(H2,18,19,20). The minimum Gasteiger partial charge on any atom is -0.332 e. The quantitative estimate of drug-likeness (QED) is 0.870. The zero-order valence-corrected chi connectivity index (χ0v) is 11.8. The summed E-state index contributed by atoms with van der Waals surface area (Å²) in [5, 5.41) is 5.89. The molecule has 0 heterocycles. The van der Waals surface area contributed by atoms with Crippen molar-refractivity contribution in [3.8, 4) is 0 Å². The van der Waals surface area contributed by atoms with Gasteiger partial charge in [-0.25, -0.2) is 4.79 Å². The largest absolute Gasteiger partial charge is 0.332 e. The number of nitrogens with one attached hydrogen (secondary N) is 2. The first-order valence-electron chi connectivity index (χ1n) is 6.83. The molecule has 2 unspecified atom stereocenters. The summed E-state index contributed by atoms with van der Waals surface area (Å²) in [6, 6.07) is 19.7. The lowest BCUT2D eigenvalue weighted by molar-refractivity contribution is 0.235. The van der Waals surface area contributed by atoms with E-state index in [9.17, 15) is 4.79 Å². The smallest absolute Gasteiger partial charge is 0.315 e. The second kappa shape index (κ2) is 6.75. The maximum Gasteiger partial charge on any atom is 0.315 e. The van der Waals surface area contributed by atoms with Crippen molar-refractivity contribution < 1.29 is 4.79 Å². The van der Waals surface area contributed by atoms with Crippen molar-refractivity contribution in [3.63, 3.8) is 0 Å². The van der Waals surface area contributed by atoms with E-state index in [1.807, 2.05) is 74.5 Å². The summed E-state index contributed by atoms with van der Waals surface area (Å²) in [6.45, 7) is 3.95. The van der Waals surface area contributed by atoms with Gasteiger partial charge in [0.25, 0.3) is 0 Å². The molecular weight excluding hydrogens is 248 g/mol. The lowest BCUT2D eigenvalue weighted by atomic mass is 10.1. The van der Waals surface area contributed by atoms with Crippen molar-refractivity contribution in [2.24, 2.45) is 0 Å². The zero-order chi connectivity index (χ0) is 14.4. The van der Waals surface area contributed by atoms with Gasteiger partial charge in [0.2, 0.25) is 0 Å². The number of benzene rings is 2. The Balaban J connectivity index is 1.90.